The number of halogens is 1. The van der Waals surface area contributed by atoms with Gasteiger partial charge in [-0.2, -0.15) is 0 Å². The summed E-state index contributed by atoms with van der Waals surface area (Å²) in [7, 11) is 0. The van der Waals surface area contributed by atoms with Crippen molar-refractivity contribution in [3.63, 3.8) is 0 Å². The molecule has 0 radical (unpaired) electrons. The van der Waals surface area contributed by atoms with Gasteiger partial charge in [0.1, 0.15) is 5.75 Å². The van der Waals surface area contributed by atoms with Crippen LogP contribution in [-0.4, -0.2) is 12.1 Å². The lowest BCUT2D eigenvalue weighted by atomic mass is 10.1. The highest BCUT2D eigenvalue weighted by Gasteiger charge is 2.10. The maximum absolute atomic E-state index is 14.2. The molecule has 146 valence electrons. The van der Waals surface area contributed by atoms with E-state index in [4.69, 9.17) is 9.47 Å². The van der Waals surface area contributed by atoms with Crippen LogP contribution >= 0.6 is 0 Å². The Balaban J connectivity index is 1.70. The molecule has 29 heavy (non-hydrogen) atoms. The standard InChI is InChI=1S/C25H21FO3/c1-4-5-18-6-8-20(9-7-18)25(27)29-22-13-10-19(11-14-22)21-12-15-24(23(26)16-21)28-17(2)3/h6-17H,1-3H3. The molecule has 0 saturated carbocycles. The van der Waals surface area contributed by atoms with Crippen molar-refractivity contribution in [3.05, 3.63) is 83.7 Å². The first-order chi connectivity index (χ1) is 14.0. The van der Waals surface area contributed by atoms with Crippen LogP contribution in [0.15, 0.2) is 66.7 Å². The summed E-state index contributed by atoms with van der Waals surface area (Å²) in [5, 5.41) is 0. The zero-order chi connectivity index (χ0) is 20.8. The van der Waals surface area contributed by atoms with E-state index < -0.39 is 11.8 Å². The first kappa shape index (κ1) is 20.2. The quantitative estimate of drug-likeness (QED) is 0.311. The molecule has 0 amide bonds. The van der Waals surface area contributed by atoms with Gasteiger partial charge in [0, 0.05) is 5.56 Å². The number of carbonyl (C=O) groups excluding carboxylic acids is 1. The largest absolute Gasteiger partial charge is 0.488 e. The fourth-order valence-electron chi connectivity index (χ4n) is 2.75. The molecule has 0 heterocycles. The highest BCUT2D eigenvalue weighted by Crippen LogP contribution is 2.28. The Morgan fingerprint density at radius 1 is 0.931 bits per heavy atom. The van der Waals surface area contributed by atoms with Gasteiger partial charge in [-0.15, -0.1) is 5.92 Å². The predicted molar refractivity (Wildman–Crippen MR) is 112 cm³/mol. The lowest BCUT2D eigenvalue weighted by Gasteiger charge is -2.12. The second kappa shape index (κ2) is 9.07. The molecule has 0 aliphatic rings. The first-order valence-corrected chi connectivity index (χ1v) is 9.28. The predicted octanol–water partition coefficient (Wildman–Crippen LogP) is 5.87. The molecule has 3 aromatic rings. The van der Waals surface area contributed by atoms with E-state index in [2.05, 4.69) is 11.8 Å². The van der Waals surface area contributed by atoms with Crippen LogP contribution in [0.1, 0.15) is 36.7 Å². The van der Waals surface area contributed by atoms with E-state index in [0.29, 0.717) is 16.9 Å². The van der Waals surface area contributed by atoms with Crippen molar-refractivity contribution in [1.29, 1.82) is 0 Å². The summed E-state index contributed by atoms with van der Waals surface area (Å²) in [6.45, 7) is 5.45. The molecule has 0 atom stereocenters. The Morgan fingerprint density at radius 2 is 1.59 bits per heavy atom. The Kier molecular flexibility index (Phi) is 6.31. The molecule has 3 aromatic carbocycles. The van der Waals surface area contributed by atoms with Crippen LogP contribution in [0.5, 0.6) is 11.5 Å². The lowest BCUT2D eigenvalue weighted by molar-refractivity contribution is 0.0735. The smallest absolute Gasteiger partial charge is 0.343 e. The zero-order valence-corrected chi connectivity index (χ0v) is 16.5. The molecule has 0 fully saturated rings. The van der Waals surface area contributed by atoms with Gasteiger partial charge in [-0.1, -0.05) is 24.1 Å². The molecule has 0 bridgehead atoms. The molecule has 0 aliphatic carbocycles. The maximum atomic E-state index is 14.2. The number of esters is 1. The SMILES string of the molecule is CC#Cc1ccc(C(=O)Oc2ccc(-c3ccc(OC(C)C)c(F)c3)cc2)cc1. The average Bonchev–Trinajstić information content (AvgIpc) is 2.70. The van der Waals surface area contributed by atoms with Gasteiger partial charge in [-0.05, 0) is 80.4 Å². The van der Waals surface area contributed by atoms with E-state index in [1.54, 1.807) is 67.6 Å². The Bertz CT molecular complexity index is 1060. The minimum absolute atomic E-state index is 0.0971. The van der Waals surface area contributed by atoms with Gasteiger partial charge >= 0.3 is 5.97 Å². The molecule has 4 heteroatoms. The summed E-state index contributed by atoms with van der Waals surface area (Å²) < 4.78 is 25.0. The summed E-state index contributed by atoms with van der Waals surface area (Å²) in [6, 6.07) is 18.7. The van der Waals surface area contributed by atoms with E-state index >= 15 is 0 Å². The van der Waals surface area contributed by atoms with Gasteiger partial charge in [0.25, 0.3) is 0 Å². The second-order valence-corrected chi connectivity index (χ2v) is 6.68. The van der Waals surface area contributed by atoms with Crippen LogP contribution < -0.4 is 9.47 Å². The molecule has 0 aromatic heterocycles. The Morgan fingerprint density at radius 3 is 2.17 bits per heavy atom. The van der Waals surface area contributed by atoms with Gasteiger partial charge in [0.05, 0.1) is 11.7 Å². The highest BCUT2D eigenvalue weighted by molar-refractivity contribution is 5.91. The van der Waals surface area contributed by atoms with Crippen molar-refractivity contribution in [1.82, 2.24) is 0 Å². The summed E-state index contributed by atoms with van der Waals surface area (Å²) in [4.78, 5) is 12.3. The van der Waals surface area contributed by atoms with E-state index in [9.17, 15) is 9.18 Å². The van der Waals surface area contributed by atoms with E-state index in [-0.39, 0.29) is 11.9 Å². The molecule has 0 aliphatic heterocycles. The van der Waals surface area contributed by atoms with Crippen LogP contribution in [0.25, 0.3) is 11.1 Å². The molecule has 3 nitrogen and oxygen atoms in total. The fraction of sp³-hybridized carbons (Fsp3) is 0.160. The third kappa shape index (κ3) is 5.24. The van der Waals surface area contributed by atoms with Crippen molar-refractivity contribution < 1.29 is 18.7 Å². The second-order valence-electron chi connectivity index (χ2n) is 6.68. The third-order valence-electron chi connectivity index (χ3n) is 4.08. The summed E-state index contributed by atoms with van der Waals surface area (Å²) in [5.41, 5.74) is 2.80. The number of rotatable bonds is 5. The van der Waals surface area contributed by atoms with Gasteiger partial charge in [0.15, 0.2) is 11.6 Å². The molecular formula is C25H21FO3. The van der Waals surface area contributed by atoms with Gasteiger partial charge in [-0.3, -0.25) is 0 Å². The van der Waals surface area contributed by atoms with Crippen molar-refractivity contribution in [2.45, 2.75) is 26.9 Å². The normalized spacial score (nSPS) is 10.2. The third-order valence-corrected chi connectivity index (χ3v) is 4.08. The highest BCUT2D eigenvalue weighted by atomic mass is 19.1. The minimum Gasteiger partial charge on any atom is -0.488 e. The van der Waals surface area contributed by atoms with Crippen molar-refractivity contribution >= 4 is 5.97 Å². The number of hydrogen-bond acceptors (Lipinski definition) is 3. The monoisotopic (exact) mass is 388 g/mol. The Hall–Kier alpha value is -3.58. The summed E-state index contributed by atoms with van der Waals surface area (Å²) in [6.07, 6.45) is -0.0971. The zero-order valence-electron chi connectivity index (χ0n) is 16.5. The van der Waals surface area contributed by atoms with Gasteiger partial charge in [0.2, 0.25) is 0 Å². The van der Waals surface area contributed by atoms with Gasteiger partial charge < -0.3 is 9.47 Å². The van der Waals surface area contributed by atoms with Crippen molar-refractivity contribution in [2.24, 2.45) is 0 Å². The van der Waals surface area contributed by atoms with Crippen LogP contribution in [-0.2, 0) is 0 Å². The van der Waals surface area contributed by atoms with Crippen LogP contribution in [0.4, 0.5) is 4.39 Å². The van der Waals surface area contributed by atoms with Gasteiger partial charge in [-0.25, -0.2) is 9.18 Å². The molecule has 0 saturated heterocycles. The maximum Gasteiger partial charge on any atom is 0.343 e. The summed E-state index contributed by atoms with van der Waals surface area (Å²) >= 11 is 0. The van der Waals surface area contributed by atoms with E-state index in [0.717, 1.165) is 11.1 Å². The number of benzene rings is 3. The van der Waals surface area contributed by atoms with E-state index in [1.807, 2.05) is 13.8 Å². The first-order valence-electron chi connectivity index (χ1n) is 9.28. The van der Waals surface area contributed by atoms with Crippen molar-refractivity contribution in [3.8, 4) is 34.5 Å². The molecule has 3 rings (SSSR count). The average molecular weight is 388 g/mol. The van der Waals surface area contributed by atoms with Crippen LogP contribution in [0.3, 0.4) is 0 Å². The fourth-order valence-corrected chi connectivity index (χ4v) is 2.75. The molecule has 0 unspecified atom stereocenters. The summed E-state index contributed by atoms with van der Waals surface area (Å²) in [5.74, 6) is 5.51. The van der Waals surface area contributed by atoms with Crippen LogP contribution in [0.2, 0.25) is 0 Å². The Labute approximate surface area is 170 Å². The molecule has 0 N–H and O–H groups in total. The number of carbonyl (C=O) groups is 1. The lowest BCUT2D eigenvalue weighted by Crippen LogP contribution is -2.08. The minimum atomic E-state index is -0.449. The van der Waals surface area contributed by atoms with Crippen molar-refractivity contribution in [2.75, 3.05) is 0 Å². The van der Waals surface area contributed by atoms with Crippen LogP contribution in [0, 0.1) is 17.7 Å². The molecule has 0 spiro atoms. The number of ether oxygens (including phenoxy) is 2. The van der Waals surface area contributed by atoms with E-state index in [1.165, 1.54) is 6.07 Å². The molecular weight excluding hydrogens is 367 g/mol. The topological polar surface area (TPSA) is 35.5 Å². The number of hydrogen-bond donors (Lipinski definition) is 0.